The minimum atomic E-state index is -0.738. The molecular formula is C30H36N2O5. The average Bonchev–Trinajstić information content (AvgIpc) is 3.42. The van der Waals surface area contributed by atoms with Crippen LogP contribution in [-0.2, 0) is 20.8 Å². The maximum absolute atomic E-state index is 14.5. The first-order valence-electron chi connectivity index (χ1n) is 13.1. The largest absolute Gasteiger partial charge is 0.504 e. The number of esters is 1. The zero-order valence-electron chi connectivity index (χ0n) is 22.1. The Balaban J connectivity index is 1.61. The summed E-state index contributed by atoms with van der Waals surface area (Å²) in [6.07, 6.45) is 3.86. The lowest BCUT2D eigenvalue weighted by molar-refractivity contribution is -0.137. The third-order valence-corrected chi connectivity index (χ3v) is 8.68. The number of carbonyl (C=O) groups is 2. The Morgan fingerprint density at radius 3 is 2.57 bits per heavy atom. The van der Waals surface area contributed by atoms with Gasteiger partial charge in [0.15, 0.2) is 5.78 Å². The number of piperidine rings is 1. The SMILES string of the molecule is CC[C@@H]1CN2CC[C@@]3(C(=O)c4c(OC)cccc4N3Cc3ccccc3)C2C[C@@H]1/C(=C\OC)C(=O)OC. The summed E-state index contributed by atoms with van der Waals surface area (Å²) in [5, 5.41) is 0. The quantitative estimate of drug-likeness (QED) is 0.313. The van der Waals surface area contributed by atoms with Gasteiger partial charge in [0.2, 0.25) is 0 Å². The smallest absolute Gasteiger partial charge is 0.337 e. The van der Waals surface area contributed by atoms with Crippen LogP contribution in [0.1, 0.15) is 42.1 Å². The average molecular weight is 505 g/mol. The minimum Gasteiger partial charge on any atom is -0.504 e. The van der Waals surface area contributed by atoms with E-state index in [4.69, 9.17) is 14.2 Å². The van der Waals surface area contributed by atoms with Crippen molar-refractivity contribution in [3.8, 4) is 5.75 Å². The van der Waals surface area contributed by atoms with Crippen molar-refractivity contribution >= 4 is 17.4 Å². The van der Waals surface area contributed by atoms with Crippen LogP contribution in [-0.4, -0.2) is 62.7 Å². The van der Waals surface area contributed by atoms with Gasteiger partial charge in [0.05, 0.1) is 44.4 Å². The van der Waals surface area contributed by atoms with Crippen LogP contribution >= 0.6 is 0 Å². The molecule has 3 aliphatic rings. The number of rotatable bonds is 7. The summed E-state index contributed by atoms with van der Waals surface area (Å²) in [6.45, 7) is 4.44. The maximum Gasteiger partial charge on any atom is 0.337 e. The van der Waals surface area contributed by atoms with E-state index in [9.17, 15) is 9.59 Å². The summed E-state index contributed by atoms with van der Waals surface area (Å²) in [4.78, 5) is 32.1. The van der Waals surface area contributed by atoms with Gasteiger partial charge in [-0.1, -0.05) is 49.7 Å². The molecule has 0 N–H and O–H groups in total. The number of ether oxygens (including phenoxy) is 3. The van der Waals surface area contributed by atoms with Gasteiger partial charge in [0, 0.05) is 25.7 Å². The molecule has 0 aliphatic carbocycles. The minimum absolute atomic E-state index is 0.0569. The molecule has 0 saturated carbocycles. The first-order valence-corrected chi connectivity index (χ1v) is 13.1. The number of nitrogens with zero attached hydrogens (tertiary/aromatic N) is 2. The first kappa shape index (κ1) is 25.3. The molecule has 0 amide bonds. The summed E-state index contributed by atoms with van der Waals surface area (Å²) in [7, 11) is 4.59. The molecule has 3 aliphatic heterocycles. The molecule has 1 unspecified atom stereocenters. The van der Waals surface area contributed by atoms with E-state index in [1.807, 2.05) is 36.4 Å². The van der Waals surface area contributed by atoms with Crippen molar-refractivity contribution in [1.82, 2.24) is 4.90 Å². The van der Waals surface area contributed by atoms with Crippen molar-refractivity contribution < 1.29 is 23.8 Å². The Morgan fingerprint density at radius 2 is 1.89 bits per heavy atom. The zero-order valence-corrected chi connectivity index (χ0v) is 22.1. The molecule has 2 saturated heterocycles. The van der Waals surface area contributed by atoms with Crippen LogP contribution in [0.15, 0.2) is 60.4 Å². The highest BCUT2D eigenvalue weighted by atomic mass is 16.5. The summed E-state index contributed by atoms with van der Waals surface area (Å²) < 4.78 is 16.2. The van der Waals surface area contributed by atoms with Crippen molar-refractivity contribution in [2.24, 2.45) is 11.8 Å². The van der Waals surface area contributed by atoms with Gasteiger partial charge in [0.25, 0.3) is 0 Å². The molecule has 0 bridgehead atoms. The van der Waals surface area contributed by atoms with Crippen molar-refractivity contribution in [2.75, 3.05) is 39.3 Å². The standard InChI is InChI=1S/C30H36N2O5/c1-5-21-18-31-15-14-30(26(31)16-22(21)23(19-35-2)29(34)37-4)28(33)27-24(12-9-13-25(27)36-3)32(30)17-20-10-7-6-8-11-20/h6-13,19,21-22,26H,5,14-18H2,1-4H3/b23-19+/t21-,22+,26?,30+/m1/s1. The normalized spacial score (nSPS) is 27.2. The summed E-state index contributed by atoms with van der Waals surface area (Å²) in [5.41, 5.74) is 2.55. The van der Waals surface area contributed by atoms with Gasteiger partial charge < -0.3 is 19.1 Å². The first-order chi connectivity index (χ1) is 18.0. The Bertz CT molecular complexity index is 1200. The molecule has 37 heavy (non-hydrogen) atoms. The number of carbonyl (C=O) groups excluding carboxylic acids is 2. The molecule has 7 heteroatoms. The monoisotopic (exact) mass is 504 g/mol. The van der Waals surface area contributed by atoms with Gasteiger partial charge in [-0.25, -0.2) is 4.79 Å². The highest BCUT2D eigenvalue weighted by molar-refractivity contribution is 6.16. The fraction of sp³-hybridized carbons (Fsp3) is 0.467. The fourth-order valence-electron chi connectivity index (χ4n) is 6.96. The van der Waals surface area contributed by atoms with Crippen LogP contribution in [0.5, 0.6) is 5.75 Å². The summed E-state index contributed by atoms with van der Waals surface area (Å²) >= 11 is 0. The number of benzene rings is 2. The van der Waals surface area contributed by atoms with E-state index < -0.39 is 5.54 Å². The Kier molecular flexibility index (Phi) is 6.99. The van der Waals surface area contributed by atoms with Crippen LogP contribution in [0, 0.1) is 11.8 Å². The molecule has 5 rings (SSSR count). The maximum atomic E-state index is 14.5. The van der Waals surface area contributed by atoms with Gasteiger partial charge >= 0.3 is 5.97 Å². The van der Waals surface area contributed by atoms with Gasteiger partial charge in [-0.15, -0.1) is 0 Å². The molecule has 3 heterocycles. The van der Waals surface area contributed by atoms with Crippen LogP contribution < -0.4 is 9.64 Å². The van der Waals surface area contributed by atoms with Crippen molar-refractivity contribution in [2.45, 2.75) is 44.3 Å². The fourth-order valence-corrected chi connectivity index (χ4v) is 6.96. The van der Waals surface area contributed by atoms with E-state index in [-0.39, 0.29) is 29.6 Å². The summed E-state index contributed by atoms with van der Waals surface area (Å²) in [6, 6.07) is 16.1. The van der Waals surface area contributed by atoms with Gasteiger partial charge in [-0.3, -0.25) is 9.69 Å². The zero-order chi connectivity index (χ0) is 26.2. The van der Waals surface area contributed by atoms with Crippen molar-refractivity contribution in [3.63, 3.8) is 0 Å². The lowest BCUT2D eigenvalue weighted by Gasteiger charge is -2.48. The van der Waals surface area contributed by atoms with E-state index in [2.05, 4.69) is 28.9 Å². The third-order valence-electron chi connectivity index (χ3n) is 8.68. The van der Waals surface area contributed by atoms with E-state index in [0.717, 1.165) is 37.2 Å². The highest BCUT2D eigenvalue weighted by Crippen LogP contribution is 2.54. The highest BCUT2D eigenvalue weighted by Gasteiger charge is 2.63. The second-order valence-corrected chi connectivity index (χ2v) is 10.3. The predicted octanol–water partition coefficient (Wildman–Crippen LogP) is 4.46. The molecule has 196 valence electrons. The molecule has 4 atom stereocenters. The van der Waals surface area contributed by atoms with E-state index >= 15 is 0 Å². The molecular weight excluding hydrogens is 468 g/mol. The molecule has 0 aromatic heterocycles. The molecule has 2 aromatic rings. The Morgan fingerprint density at radius 1 is 1.11 bits per heavy atom. The predicted molar refractivity (Wildman–Crippen MR) is 142 cm³/mol. The van der Waals surface area contributed by atoms with E-state index in [1.165, 1.54) is 13.4 Å². The lowest BCUT2D eigenvalue weighted by Crippen LogP contribution is -2.61. The van der Waals surface area contributed by atoms with Crippen molar-refractivity contribution in [1.29, 1.82) is 0 Å². The Labute approximate surface area is 219 Å². The molecule has 2 aromatic carbocycles. The van der Waals surface area contributed by atoms with Gasteiger partial charge in [-0.2, -0.15) is 0 Å². The topological polar surface area (TPSA) is 68.3 Å². The van der Waals surface area contributed by atoms with E-state index in [1.54, 1.807) is 14.2 Å². The van der Waals surface area contributed by atoms with Gasteiger partial charge in [-0.05, 0) is 42.4 Å². The Hall–Kier alpha value is -3.32. The number of ketones is 1. The number of Topliss-reactive ketones (excluding diaryl/α,β-unsaturated/α-hetero) is 1. The number of methoxy groups -OCH3 is 3. The molecule has 0 radical (unpaired) electrons. The number of hydrogen-bond donors (Lipinski definition) is 0. The second-order valence-electron chi connectivity index (χ2n) is 10.3. The van der Waals surface area contributed by atoms with Crippen molar-refractivity contribution in [3.05, 3.63) is 71.5 Å². The van der Waals surface area contributed by atoms with Crippen LogP contribution in [0.2, 0.25) is 0 Å². The molecule has 7 nitrogen and oxygen atoms in total. The summed E-state index contributed by atoms with van der Waals surface area (Å²) in [5.74, 6) is 0.569. The molecule has 2 fully saturated rings. The molecule has 1 spiro atoms. The van der Waals surface area contributed by atoms with Crippen LogP contribution in [0.25, 0.3) is 0 Å². The third kappa shape index (κ3) is 4.00. The number of anilines is 1. The second kappa shape index (κ2) is 10.2. The number of hydrogen-bond acceptors (Lipinski definition) is 7. The lowest BCUT2D eigenvalue weighted by atomic mass is 9.71. The number of fused-ring (bicyclic) bond motifs is 3. The van der Waals surface area contributed by atoms with E-state index in [0.29, 0.717) is 29.9 Å². The van der Waals surface area contributed by atoms with Crippen LogP contribution in [0.3, 0.4) is 0 Å². The van der Waals surface area contributed by atoms with Gasteiger partial charge in [0.1, 0.15) is 11.3 Å². The van der Waals surface area contributed by atoms with Crippen LogP contribution in [0.4, 0.5) is 5.69 Å².